The van der Waals surface area contributed by atoms with Gasteiger partial charge >= 0.3 is 0 Å². The number of hydrogen-bond donors (Lipinski definition) is 2. The standard InChI is InChI=1S/C14H22N2/c1-11-5-4-8-13(9-11)14(16-15)10-12-6-2-3-7-12/h4-5,8-9,12,14,16H,2-3,6-7,10,15H2,1H3. The van der Waals surface area contributed by atoms with Gasteiger partial charge in [0.15, 0.2) is 0 Å². The number of nitrogens with one attached hydrogen (secondary N) is 1. The molecule has 3 N–H and O–H groups in total. The number of nitrogens with two attached hydrogens (primary N) is 1. The first kappa shape index (κ1) is 11.6. The minimum Gasteiger partial charge on any atom is -0.271 e. The van der Waals surface area contributed by atoms with Crippen LogP contribution in [0.2, 0.25) is 0 Å². The zero-order valence-corrected chi connectivity index (χ0v) is 10.1. The molecule has 2 nitrogen and oxygen atoms in total. The van der Waals surface area contributed by atoms with Crippen LogP contribution in [0.4, 0.5) is 0 Å². The Morgan fingerprint density at radius 2 is 2.12 bits per heavy atom. The summed E-state index contributed by atoms with van der Waals surface area (Å²) in [5.41, 5.74) is 5.61. The smallest absolute Gasteiger partial charge is 0.0462 e. The van der Waals surface area contributed by atoms with E-state index < -0.39 is 0 Å². The Bertz CT molecular complexity index is 329. The monoisotopic (exact) mass is 218 g/mol. The molecule has 16 heavy (non-hydrogen) atoms. The van der Waals surface area contributed by atoms with E-state index in [9.17, 15) is 0 Å². The molecule has 0 radical (unpaired) electrons. The molecule has 0 amide bonds. The van der Waals surface area contributed by atoms with Crippen molar-refractivity contribution in [1.29, 1.82) is 0 Å². The lowest BCUT2D eigenvalue weighted by Crippen LogP contribution is -2.29. The molecule has 0 spiro atoms. The van der Waals surface area contributed by atoms with Gasteiger partial charge in [-0.2, -0.15) is 0 Å². The van der Waals surface area contributed by atoms with Gasteiger partial charge in [0, 0.05) is 6.04 Å². The van der Waals surface area contributed by atoms with Crippen LogP contribution in [0.1, 0.15) is 49.3 Å². The molecule has 1 aliphatic carbocycles. The molecule has 1 unspecified atom stereocenters. The Morgan fingerprint density at radius 1 is 1.38 bits per heavy atom. The highest BCUT2D eigenvalue weighted by Gasteiger charge is 2.20. The molecule has 88 valence electrons. The quantitative estimate of drug-likeness (QED) is 0.602. The lowest BCUT2D eigenvalue weighted by molar-refractivity contribution is 0.400. The van der Waals surface area contributed by atoms with Crippen molar-refractivity contribution in [3.05, 3.63) is 35.4 Å². The summed E-state index contributed by atoms with van der Waals surface area (Å²) in [5, 5.41) is 0. The molecule has 1 fully saturated rings. The average Bonchev–Trinajstić information content (AvgIpc) is 2.78. The van der Waals surface area contributed by atoms with Crippen LogP contribution in [-0.2, 0) is 0 Å². The van der Waals surface area contributed by atoms with Crippen molar-refractivity contribution in [2.45, 2.75) is 45.1 Å². The fourth-order valence-electron chi connectivity index (χ4n) is 2.77. The van der Waals surface area contributed by atoms with Gasteiger partial charge in [0.05, 0.1) is 0 Å². The van der Waals surface area contributed by atoms with E-state index in [2.05, 4.69) is 36.6 Å². The zero-order chi connectivity index (χ0) is 11.4. The van der Waals surface area contributed by atoms with E-state index in [0.29, 0.717) is 6.04 Å². The molecule has 2 heteroatoms. The van der Waals surface area contributed by atoms with Gasteiger partial charge in [-0.05, 0) is 24.8 Å². The first-order chi connectivity index (χ1) is 7.79. The Labute approximate surface area is 98.2 Å². The molecular weight excluding hydrogens is 196 g/mol. The molecule has 0 bridgehead atoms. The van der Waals surface area contributed by atoms with E-state index in [1.54, 1.807) is 0 Å². The van der Waals surface area contributed by atoms with Crippen molar-refractivity contribution < 1.29 is 0 Å². The molecule has 0 aliphatic heterocycles. The number of benzene rings is 1. The van der Waals surface area contributed by atoms with Crippen LogP contribution in [0.25, 0.3) is 0 Å². The topological polar surface area (TPSA) is 38.0 Å². The molecule has 0 aromatic heterocycles. The van der Waals surface area contributed by atoms with Crippen LogP contribution < -0.4 is 11.3 Å². The summed E-state index contributed by atoms with van der Waals surface area (Å²) in [4.78, 5) is 0. The molecule has 1 atom stereocenters. The van der Waals surface area contributed by atoms with E-state index >= 15 is 0 Å². The van der Waals surface area contributed by atoms with Crippen LogP contribution in [-0.4, -0.2) is 0 Å². The summed E-state index contributed by atoms with van der Waals surface area (Å²) in [5.74, 6) is 6.55. The van der Waals surface area contributed by atoms with Gasteiger partial charge in [-0.3, -0.25) is 11.3 Å². The fraction of sp³-hybridized carbons (Fsp3) is 0.571. The highest BCUT2D eigenvalue weighted by atomic mass is 15.2. The van der Waals surface area contributed by atoms with Crippen molar-refractivity contribution >= 4 is 0 Å². The van der Waals surface area contributed by atoms with Gasteiger partial charge in [0.2, 0.25) is 0 Å². The average molecular weight is 218 g/mol. The van der Waals surface area contributed by atoms with Crippen LogP contribution in [0, 0.1) is 12.8 Å². The van der Waals surface area contributed by atoms with Crippen molar-refractivity contribution in [3.63, 3.8) is 0 Å². The molecular formula is C14H22N2. The molecule has 0 saturated heterocycles. The highest BCUT2D eigenvalue weighted by Crippen LogP contribution is 2.32. The van der Waals surface area contributed by atoms with E-state index in [-0.39, 0.29) is 0 Å². The lowest BCUT2D eigenvalue weighted by atomic mass is 9.93. The second-order valence-electron chi connectivity index (χ2n) is 5.02. The first-order valence-corrected chi connectivity index (χ1v) is 6.32. The third-order valence-electron chi connectivity index (χ3n) is 3.69. The molecule has 2 rings (SSSR count). The molecule has 1 aliphatic rings. The summed E-state index contributed by atoms with van der Waals surface area (Å²) < 4.78 is 0. The highest BCUT2D eigenvalue weighted by molar-refractivity contribution is 5.25. The van der Waals surface area contributed by atoms with Gasteiger partial charge in [-0.25, -0.2) is 0 Å². The summed E-state index contributed by atoms with van der Waals surface area (Å²) in [6, 6.07) is 8.98. The van der Waals surface area contributed by atoms with Crippen LogP contribution >= 0.6 is 0 Å². The van der Waals surface area contributed by atoms with Crippen LogP contribution in [0.5, 0.6) is 0 Å². The SMILES string of the molecule is Cc1cccc(C(CC2CCCC2)NN)c1. The second kappa shape index (κ2) is 5.46. The molecule has 1 aromatic carbocycles. The Morgan fingerprint density at radius 3 is 2.75 bits per heavy atom. The van der Waals surface area contributed by atoms with E-state index in [4.69, 9.17) is 5.84 Å². The second-order valence-corrected chi connectivity index (χ2v) is 5.02. The number of hydrazine groups is 1. The summed E-state index contributed by atoms with van der Waals surface area (Å²) >= 11 is 0. The number of rotatable bonds is 4. The normalized spacial score (nSPS) is 18.9. The van der Waals surface area contributed by atoms with Crippen molar-refractivity contribution in [1.82, 2.24) is 5.43 Å². The molecule has 0 heterocycles. The van der Waals surface area contributed by atoms with Crippen molar-refractivity contribution in [2.24, 2.45) is 11.8 Å². The third-order valence-corrected chi connectivity index (χ3v) is 3.69. The Balaban J connectivity index is 2.03. The number of hydrogen-bond acceptors (Lipinski definition) is 2. The summed E-state index contributed by atoms with van der Waals surface area (Å²) in [6.45, 7) is 2.13. The fourth-order valence-corrected chi connectivity index (χ4v) is 2.77. The molecule has 1 saturated carbocycles. The molecule has 1 aromatic rings. The maximum absolute atomic E-state index is 5.68. The predicted octanol–water partition coefficient (Wildman–Crippen LogP) is 3.08. The minimum atomic E-state index is 0.322. The van der Waals surface area contributed by atoms with E-state index in [1.807, 2.05) is 0 Å². The van der Waals surface area contributed by atoms with Crippen molar-refractivity contribution in [3.8, 4) is 0 Å². The first-order valence-electron chi connectivity index (χ1n) is 6.32. The third kappa shape index (κ3) is 2.83. The Kier molecular flexibility index (Phi) is 3.97. The van der Waals surface area contributed by atoms with Gasteiger partial charge in [-0.15, -0.1) is 0 Å². The largest absolute Gasteiger partial charge is 0.271 e. The minimum absolute atomic E-state index is 0.322. The van der Waals surface area contributed by atoms with Gasteiger partial charge < -0.3 is 0 Å². The Hall–Kier alpha value is -0.860. The zero-order valence-electron chi connectivity index (χ0n) is 10.1. The van der Waals surface area contributed by atoms with E-state index in [1.165, 1.54) is 43.2 Å². The van der Waals surface area contributed by atoms with Gasteiger partial charge in [0.25, 0.3) is 0 Å². The predicted molar refractivity (Wildman–Crippen MR) is 67.8 cm³/mol. The lowest BCUT2D eigenvalue weighted by Gasteiger charge is -2.20. The van der Waals surface area contributed by atoms with Gasteiger partial charge in [-0.1, -0.05) is 55.5 Å². The maximum atomic E-state index is 5.68. The summed E-state index contributed by atoms with van der Waals surface area (Å²) in [7, 11) is 0. The van der Waals surface area contributed by atoms with Crippen LogP contribution in [0.15, 0.2) is 24.3 Å². The maximum Gasteiger partial charge on any atom is 0.0462 e. The van der Waals surface area contributed by atoms with Crippen molar-refractivity contribution in [2.75, 3.05) is 0 Å². The van der Waals surface area contributed by atoms with E-state index in [0.717, 1.165) is 5.92 Å². The number of aryl methyl sites for hydroxylation is 1. The van der Waals surface area contributed by atoms with Gasteiger partial charge in [0.1, 0.15) is 0 Å². The summed E-state index contributed by atoms with van der Waals surface area (Å²) in [6.07, 6.45) is 6.74. The van der Waals surface area contributed by atoms with Crippen LogP contribution in [0.3, 0.4) is 0 Å².